The lowest BCUT2D eigenvalue weighted by Gasteiger charge is -2.16. The van der Waals surface area contributed by atoms with Gasteiger partial charge in [0.25, 0.3) is 5.91 Å². The smallest absolute Gasteiger partial charge is 0.289 e. The van der Waals surface area contributed by atoms with Crippen molar-refractivity contribution in [1.29, 1.82) is 0 Å². The zero-order valence-electron chi connectivity index (χ0n) is 12.2. The topological polar surface area (TPSA) is 51.3 Å². The highest BCUT2D eigenvalue weighted by Gasteiger charge is 2.18. The van der Waals surface area contributed by atoms with Crippen molar-refractivity contribution in [2.75, 3.05) is 7.05 Å². The minimum absolute atomic E-state index is 0.190. The standard InChI is InChI=1S/C17H15N3O2/c1-3-10-20-14-8-5-4-7-13(14)18-16(20)12-19(2)17(21)15-9-6-11-22-15/h1,4-9,11H,10,12H2,2H3. The predicted molar refractivity (Wildman–Crippen MR) is 83.1 cm³/mol. The first-order valence-electron chi connectivity index (χ1n) is 6.87. The zero-order chi connectivity index (χ0) is 15.5. The third-order valence-electron chi connectivity index (χ3n) is 3.44. The highest BCUT2D eigenvalue weighted by molar-refractivity contribution is 5.91. The van der Waals surface area contributed by atoms with Crippen molar-refractivity contribution < 1.29 is 9.21 Å². The Hall–Kier alpha value is -3.00. The fraction of sp³-hybridized carbons (Fsp3) is 0.176. The van der Waals surface area contributed by atoms with Gasteiger partial charge in [-0.1, -0.05) is 18.1 Å². The van der Waals surface area contributed by atoms with Crippen LogP contribution in [-0.4, -0.2) is 27.4 Å². The van der Waals surface area contributed by atoms with Crippen LogP contribution in [0.4, 0.5) is 0 Å². The van der Waals surface area contributed by atoms with Crippen LogP contribution in [0.15, 0.2) is 47.1 Å². The molecule has 0 saturated carbocycles. The molecule has 3 aromatic rings. The summed E-state index contributed by atoms with van der Waals surface area (Å²) < 4.78 is 7.09. The van der Waals surface area contributed by atoms with Gasteiger partial charge in [-0.25, -0.2) is 4.98 Å². The van der Waals surface area contributed by atoms with E-state index >= 15 is 0 Å². The number of furan rings is 1. The highest BCUT2D eigenvalue weighted by atomic mass is 16.3. The molecule has 0 aliphatic carbocycles. The molecule has 0 aliphatic heterocycles. The Bertz CT molecular complexity index is 841. The molecule has 0 saturated heterocycles. The van der Waals surface area contributed by atoms with Crippen LogP contribution in [0.1, 0.15) is 16.4 Å². The molecule has 0 spiro atoms. The summed E-state index contributed by atoms with van der Waals surface area (Å²) in [5.41, 5.74) is 1.83. The van der Waals surface area contributed by atoms with Gasteiger partial charge in [-0.05, 0) is 24.3 Å². The lowest BCUT2D eigenvalue weighted by molar-refractivity contribution is 0.0749. The number of para-hydroxylation sites is 2. The molecule has 0 unspecified atom stereocenters. The van der Waals surface area contributed by atoms with E-state index in [1.54, 1.807) is 24.1 Å². The number of rotatable bonds is 4. The lowest BCUT2D eigenvalue weighted by atomic mass is 10.3. The second-order valence-corrected chi connectivity index (χ2v) is 4.95. The van der Waals surface area contributed by atoms with Gasteiger partial charge in [0.1, 0.15) is 5.82 Å². The van der Waals surface area contributed by atoms with Crippen LogP contribution in [0, 0.1) is 12.3 Å². The lowest BCUT2D eigenvalue weighted by Crippen LogP contribution is -2.27. The van der Waals surface area contributed by atoms with Crippen molar-refractivity contribution in [3.63, 3.8) is 0 Å². The fourth-order valence-corrected chi connectivity index (χ4v) is 2.39. The zero-order valence-corrected chi connectivity index (χ0v) is 12.2. The molecule has 110 valence electrons. The summed E-state index contributed by atoms with van der Waals surface area (Å²) in [5.74, 6) is 3.50. The number of aromatic nitrogens is 2. The molecule has 3 rings (SSSR count). The summed E-state index contributed by atoms with van der Waals surface area (Å²) in [6.45, 7) is 0.772. The van der Waals surface area contributed by atoms with E-state index in [2.05, 4.69) is 10.9 Å². The van der Waals surface area contributed by atoms with Crippen molar-refractivity contribution in [2.45, 2.75) is 13.1 Å². The van der Waals surface area contributed by atoms with Crippen LogP contribution >= 0.6 is 0 Å². The molecule has 22 heavy (non-hydrogen) atoms. The Morgan fingerprint density at radius 1 is 1.36 bits per heavy atom. The molecule has 5 nitrogen and oxygen atoms in total. The first-order chi connectivity index (χ1) is 10.7. The summed E-state index contributed by atoms with van der Waals surface area (Å²) in [5, 5.41) is 0. The number of hydrogen-bond acceptors (Lipinski definition) is 3. The summed E-state index contributed by atoms with van der Waals surface area (Å²) in [4.78, 5) is 18.4. The largest absolute Gasteiger partial charge is 0.459 e. The Balaban J connectivity index is 1.91. The first kappa shape index (κ1) is 14.0. The third-order valence-corrected chi connectivity index (χ3v) is 3.44. The van der Waals surface area contributed by atoms with Crippen molar-refractivity contribution in [1.82, 2.24) is 14.5 Å². The molecule has 0 fully saturated rings. The number of amides is 1. The number of fused-ring (bicyclic) bond motifs is 1. The van der Waals surface area contributed by atoms with Crippen molar-refractivity contribution >= 4 is 16.9 Å². The molecular formula is C17H15N3O2. The van der Waals surface area contributed by atoms with Gasteiger partial charge in [0.05, 0.1) is 30.4 Å². The van der Waals surface area contributed by atoms with Gasteiger partial charge in [0.2, 0.25) is 0 Å². The number of benzene rings is 1. The number of carbonyl (C=O) groups is 1. The molecular weight excluding hydrogens is 278 g/mol. The maximum absolute atomic E-state index is 12.2. The van der Waals surface area contributed by atoms with Crippen LogP contribution in [0.5, 0.6) is 0 Å². The van der Waals surface area contributed by atoms with Gasteiger partial charge in [-0.2, -0.15) is 0 Å². The second kappa shape index (κ2) is 5.78. The molecule has 1 amide bonds. The van der Waals surface area contributed by atoms with Crippen molar-refractivity contribution in [2.24, 2.45) is 0 Å². The minimum atomic E-state index is -0.190. The quantitative estimate of drug-likeness (QED) is 0.695. The number of nitrogens with zero attached hydrogens (tertiary/aromatic N) is 3. The second-order valence-electron chi connectivity index (χ2n) is 4.95. The van der Waals surface area contributed by atoms with Gasteiger partial charge in [-0.3, -0.25) is 4.79 Å². The number of imidazole rings is 1. The first-order valence-corrected chi connectivity index (χ1v) is 6.87. The summed E-state index contributed by atoms with van der Waals surface area (Å²) in [7, 11) is 1.71. The van der Waals surface area contributed by atoms with Crippen LogP contribution in [0.3, 0.4) is 0 Å². The molecule has 0 bridgehead atoms. The van der Waals surface area contributed by atoms with Crippen LogP contribution in [-0.2, 0) is 13.1 Å². The molecule has 2 heterocycles. The Morgan fingerprint density at radius 2 is 2.18 bits per heavy atom. The van der Waals surface area contributed by atoms with Crippen molar-refractivity contribution in [3.8, 4) is 12.3 Å². The molecule has 0 atom stereocenters. The number of hydrogen-bond donors (Lipinski definition) is 0. The van der Waals surface area contributed by atoms with Crippen LogP contribution < -0.4 is 0 Å². The van der Waals surface area contributed by atoms with E-state index in [-0.39, 0.29) is 5.91 Å². The van der Waals surface area contributed by atoms with Crippen molar-refractivity contribution in [3.05, 3.63) is 54.2 Å². The molecule has 0 N–H and O–H groups in total. The van der Waals surface area contributed by atoms with E-state index in [9.17, 15) is 4.79 Å². The summed E-state index contributed by atoms with van der Waals surface area (Å²) >= 11 is 0. The monoisotopic (exact) mass is 293 g/mol. The predicted octanol–water partition coefficient (Wildman–Crippen LogP) is 2.53. The highest BCUT2D eigenvalue weighted by Crippen LogP contribution is 2.17. The van der Waals surface area contributed by atoms with Gasteiger partial charge in [0, 0.05) is 7.05 Å². The molecule has 1 aromatic carbocycles. The van der Waals surface area contributed by atoms with Gasteiger partial charge >= 0.3 is 0 Å². The Kier molecular flexibility index (Phi) is 3.67. The van der Waals surface area contributed by atoms with E-state index in [1.807, 2.05) is 28.8 Å². The van der Waals surface area contributed by atoms with Gasteiger partial charge in [0.15, 0.2) is 5.76 Å². The Labute approximate surface area is 128 Å². The maximum atomic E-state index is 12.2. The fourth-order valence-electron chi connectivity index (χ4n) is 2.39. The van der Waals surface area contributed by atoms with Crippen LogP contribution in [0.25, 0.3) is 11.0 Å². The van der Waals surface area contributed by atoms with Gasteiger partial charge in [-0.15, -0.1) is 6.42 Å². The average molecular weight is 293 g/mol. The van der Waals surface area contributed by atoms with E-state index in [0.29, 0.717) is 18.8 Å². The van der Waals surface area contributed by atoms with E-state index in [4.69, 9.17) is 10.8 Å². The van der Waals surface area contributed by atoms with E-state index < -0.39 is 0 Å². The number of carbonyl (C=O) groups excluding carboxylic acids is 1. The Morgan fingerprint density at radius 3 is 2.91 bits per heavy atom. The van der Waals surface area contributed by atoms with Gasteiger partial charge < -0.3 is 13.9 Å². The average Bonchev–Trinajstić information content (AvgIpc) is 3.16. The number of terminal acetylenes is 1. The van der Waals surface area contributed by atoms with E-state index in [1.165, 1.54) is 6.26 Å². The maximum Gasteiger partial charge on any atom is 0.289 e. The van der Waals surface area contributed by atoms with E-state index in [0.717, 1.165) is 16.9 Å². The third kappa shape index (κ3) is 2.47. The molecule has 2 aromatic heterocycles. The molecule has 0 radical (unpaired) electrons. The minimum Gasteiger partial charge on any atom is -0.459 e. The normalized spacial score (nSPS) is 10.5. The summed E-state index contributed by atoms with van der Waals surface area (Å²) in [6, 6.07) is 11.1. The molecule has 0 aliphatic rings. The SMILES string of the molecule is C#CCn1c(CN(C)C(=O)c2ccco2)nc2ccccc21. The molecule has 5 heteroatoms. The summed E-state index contributed by atoms with van der Waals surface area (Å²) in [6.07, 6.45) is 6.93. The van der Waals surface area contributed by atoms with Crippen LogP contribution in [0.2, 0.25) is 0 Å².